The molecule has 1 aromatic heterocycles. The van der Waals surface area contributed by atoms with E-state index in [9.17, 15) is 9.59 Å². The standard InChI is InChI=1S/C21H19N3O3/c1-16-7-10-18(11-8-16)23-20(25)15-27-21(26)12-9-17-13-22-24(14-17)19-5-3-2-4-6-19/h2-14H,15H2,1H3,(H,23,25)/b12-9+. The summed E-state index contributed by atoms with van der Waals surface area (Å²) in [6.07, 6.45) is 6.29. The van der Waals surface area contributed by atoms with Crippen LogP contribution in [0.15, 0.2) is 73.1 Å². The van der Waals surface area contributed by atoms with Crippen LogP contribution >= 0.6 is 0 Å². The van der Waals surface area contributed by atoms with Crippen molar-refractivity contribution in [1.82, 2.24) is 9.78 Å². The van der Waals surface area contributed by atoms with Crippen LogP contribution in [0.1, 0.15) is 11.1 Å². The zero-order chi connectivity index (χ0) is 19.1. The Morgan fingerprint density at radius 2 is 1.85 bits per heavy atom. The van der Waals surface area contributed by atoms with Crippen molar-refractivity contribution in [1.29, 1.82) is 0 Å². The van der Waals surface area contributed by atoms with Crippen LogP contribution in [0, 0.1) is 6.92 Å². The van der Waals surface area contributed by atoms with Gasteiger partial charge in [0.2, 0.25) is 0 Å². The highest BCUT2D eigenvalue weighted by Gasteiger charge is 2.06. The molecule has 0 radical (unpaired) electrons. The molecule has 0 aliphatic rings. The van der Waals surface area contributed by atoms with Crippen molar-refractivity contribution in [3.05, 3.63) is 84.2 Å². The highest BCUT2D eigenvalue weighted by molar-refractivity contribution is 5.94. The number of rotatable bonds is 6. The molecule has 1 heterocycles. The molecule has 0 aliphatic heterocycles. The maximum Gasteiger partial charge on any atom is 0.331 e. The van der Waals surface area contributed by atoms with Crippen molar-refractivity contribution in [2.24, 2.45) is 0 Å². The second kappa shape index (κ2) is 8.62. The van der Waals surface area contributed by atoms with Gasteiger partial charge in [0.15, 0.2) is 6.61 Å². The summed E-state index contributed by atoms with van der Waals surface area (Å²) in [5, 5.41) is 6.91. The topological polar surface area (TPSA) is 73.2 Å². The molecule has 0 saturated carbocycles. The minimum atomic E-state index is -0.596. The molecular formula is C21H19N3O3. The fourth-order valence-electron chi connectivity index (χ4n) is 2.33. The summed E-state index contributed by atoms with van der Waals surface area (Å²) in [4.78, 5) is 23.6. The molecule has 1 N–H and O–H groups in total. The van der Waals surface area contributed by atoms with Gasteiger partial charge in [0, 0.05) is 23.5 Å². The van der Waals surface area contributed by atoms with Gasteiger partial charge in [-0.05, 0) is 37.3 Å². The molecule has 0 unspecified atom stereocenters. The molecule has 2 aromatic carbocycles. The van der Waals surface area contributed by atoms with Crippen LogP contribution in [0.3, 0.4) is 0 Å². The SMILES string of the molecule is Cc1ccc(NC(=O)COC(=O)/C=C/c2cnn(-c3ccccc3)c2)cc1. The monoisotopic (exact) mass is 361 g/mol. The number of carbonyl (C=O) groups is 2. The smallest absolute Gasteiger partial charge is 0.331 e. The summed E-state index contributed by atoms with van der Waals surface area (Å²) in [5.41, 5.74) is 3.43. The molecule has 0 spiro atoms. The number of anilines is 1. The number of aromatic nitrogens is 2. The summed E-state index contributed by atoms with van der Waals surface area (Å²) in [6, 6.07) is 17.0. The summed E-state index contributed by atoms with van der Waals surface area (Å²) in [7, 11) is 0. The van der Waals surface area contributed by atoms with E-state index in [0.29, 0.717) is 5.69 Å². The maximum atomic E-state index is 11.8. The van der Waals surface area contributed by atoms with Crippen molar-refractivity contribution in [3.63, 3.8) is 0 Å². The molecule has 3 rings (SSSR count). The molecule has 3 aromatic rings. The summed E-state index contributed by atoms with van der Waals surface area (Å²) >= 11 is 0. The van der Waals surface area contributed by atoms with Crippen molar-refractivity contribution in [3.8, 4) is 5.69 Å². The number of ether oxygens (including phenoxy) is 1. The number of carbonyl (C=O) groups excluding carboxylic acids is 2. The molecule has 1 amide bonds. The molecule has 6 nitrogen and oxygen atoms in total. The lowest BCUT2D eigenvalue weighted by Crippen LogP contribution is -2.20. The Morgan fingerprint density at radius 1 is 1.11 bits per heavy atom. The zero-order valence-electron chi connectivity index (χ0n) is 14.8. The van der Waals surface area contributed by atoms with Gasteiger partial charge in [-0.1, -0.05) is 35.9 Å². The number of amides is 1. The van der Waals surface area contributed by atoms with Gasteiger partial charge in [0.1, 0.15) is 0 Å². The average Bonchev–Trinajstić information content (AvgIpc) is 3.16. The molecular weight excluding hydrogens is 342 g/mol. The highest BCUT2D eigenvalue weighted by Crippen LogP contribution is 2.09. The molecule has 0 fully saturated rings. The lowest BCUT2D eigenvalue weighted by atomic mass is 10.2. The Bertz CT molecular complexity index is 944. The third-order valence-corrected chi connectivity index (χ3v) is 3.72. The van der Waals surface area contributed by atoms with Crippen LogP contribution < -0.4 is 5.32 Å². The molecule has 136 valence electrons. The number of para-hydroxylation sites is 1. The molecule has 0 saturated heterocycles. The van der Waals surface area contributed by atoms with E-state index in [-0.39, 0.29) is 6.61 Å². The Kier molecular flexibility index (Phi) is 5.79. The van der Waals surface area contributed by atoms with Gasteiger partial charge in [-0.25, -0.2) is 9.48 Å². The highest BCUT2D eigenvalue weighted by atomic mass is 16.5. The lowest BCUT2D eigenvalue weighted by Gasteiger charge is -2.05. The van der Waals surface area contributed by atoms with Crippen molar-refractivity contribution >= 4 is 23.6 Å². The second-order valence-electron chi connectivity index (χ2n) is 5.91. The normalized spacial score (nSPS) is 10.7. The minimum absolute atomic E-state index is 0.347. The van der Waals surface area contributed by atoms with Crippen LogP contribution in [-0.4, -0.2) is 28.3 Å². The number of benzene rings is 2. The van der Waals surface area contributed by atoms with E-state index in [2.05, 4.69) is 10.4 Å². The first-order valence-corrected chi connectivity index (χ1v) is 8.41. The first-order chi connectivity index (χ1) is 13.1. The third kappa shape index (κ3) is 5.40. The van der Waals surface area contributed by atoms with E-state index >= 15 is 0 Å². The van der Waals surface area contributed by atoms with E-state index in [4.69, 9.17) is 4.74 Å². The van der Waals surface area contributed by atoms with Crippen LogP contribution in [0.25, 0.3) is 11.8 Å². The molecule has 6 heteroatoms. The predicted molar refractivity (Wildman–Crippen MR) is 103 cm³/mol. The lowest BCUT2D eigenvalue weighted by molar-refractivity contribution is -0.142. The van der Waals surface area contributed by atoms with Crippen LogP contribution in [0.5, 0.6) is 0 Å². The average molecular weight is 361 g/mol. The molecule has 0 atom stereocenters. The molecule has 27 heavy (non-hydrogen) atoms. The van der Waals surface area contributed by atoms with Gasteiger partial charge in [0.25, 0.3) is 5.91 Å². The number of aryl methyl sites for hydroxylation is 1. The number of hydrogen-bond donors (Lipinski definition) is 1. The number of esters is 1. The first kappa shape index (κ1) is 18.1. The largest absolute Gasteiger partial charge is 0.452 e. The van der Waals surface area contributed by atoms with Gasteiger partial charge in [-0.2, -0.15) is 5.10 Å². The van der Waals surface area contributed by atoms with E-state index in [0.717, 1.165) is 16.8 Å². The quantitative estimate of drug-likeness (QED) is 0.540. The van der Waals surface area contributed by atoms with Gasteiger partial charge >= 0.3 is 5.97 Å². The predicted octanol–water partition coefficient (Wildman–Crippen LogP) is 3.38. The van der Waals surface area contributed by atoms with E-state index in [1.165, 1.54) is 6.08 Å². The number of hydrogen-bond acceptors (Lipinski definition) is 4. The fraction of sp³-hybridized carbons (Fsp3) is 0.0952. The van der Waals surface area contributed by atoms with E-state index in [1.54, 1.807) is 35.3 Å². The number of nitrogens with zero attached hydrogens (tertiary/aromatic N) is 2. The first-order valence-electron chi connectivity index (χ1n) is 8.41. The van der Waals surface area contributed by atoms with Gasteiger partial charge < -0.3 is 10.1 Å². The Hall–Kier alpha value is -3.67. The van der Waals surface area contributed by atoms with Crippen molar-refractivity contribution in [2.75, 3.05) is 11.9 Å². The Morgan fingerprint density at radius 3 is 2.59 bits per heavy atom. The van der Waals surface area contributed by atoms with Crippen LogP contribution in [-0.2, 0) is 14.3 Å². The van der Waals surface area contributed by atoms with Crippen LogP contribution in [0.4, 0.5) is 5.69 Å². The summed E-state index contributed by atoms with van der Waals surface area (Å²) in [6.45, 7) is 1.61. The molecule has 0 aliphatic carbocycles. The van der Waals surface area contributed by atoms with Crippen molar-refractivity contribution < 1.29 is 14.3 Å². The third-order valence-electron chi connectivity index (χ3n) is 3.72. The second-order valence-corrected chi connectivity index (χ2v) is 5.91. The van der Waals surface area contributed by atoms with Crippen LogP contribution in [0.2, 0.25) is 0 Å². The minimum Gasteiger partial charge on any atom is -0.452 e. The van der Waals surface area contributed by atoms with Gasteiger partial charge in [-0.3, -0.25) is 4.79 Å². The zero-order valence-corrected chi connectivity index (χ0v) is 14.8. The van der Waals surface area contributed by atoms with E-state index < -0.39 is 11.9 Å². The molecule has 0 bridgehead atoms. The van der Waals surface area contributed by atoms with Crippen molar-refractivity contribution in [2.45, 2.75) is 6.92 Å². The van der Waals surface area contributed by atoms with Gasteiger partial charge in [0.05, 0.1) is 11.9 Å². The van der Waals surface area contributed by atoms with Gasteiger partial charge in [-0.15, -0.1) is 0 Å². The summed E-state index contributed by atoms with van der Waals surface area (Å²) < 4.78 is 6.66. The summed E-state index contributed by atoms with van der Waals surface area (Å²) in [5.74, 6) is -0.987. The maximum absolute atomic E-state index is 11.8. The van der Waals surface area contributed by atoms with E-state index in [1.807, 2.05) is 49.4 Å². The fourth-order valence-corrected chi connectivity index (χ4v) is 2.33. The Labute approximate surface area is 157 Å². The Balaban J connectivity index is 1.48. The number of nitrogens with one attached hydrogen (secondary N) is 1.